The Balaban J connectivity index is 1.76. The van der Waals surface area contributed by atoms with Crippen LogP contribution in [-0.2, 0) is 0 Å². The number of carboxylic acid groups (broad SMARTS) is 1. The average molecular weight is 304 g/mol. The van der Waals surface area contributed by atoms with Gasteiger partial charge in [0.1, 0.15) is 5.69 Å². The molecular weight excluding hydrogens is 284 g/mol. The van der Waals surface area contributed by atoms with Crippen LogP contribution in [0, 0.1) is 0 Å². The van der Waals surface area contributed by atoms with E-state index in [0.717, 1.165) is 11.3 Å². The molecule has 2 heterocycles. The molecule has 0 amide bonds. The van der Waals surface area contributed by atoms with Crippen molar-refractivity contribution in [3.05, 3.63) is 28.3 Å². The zero-order valence-corrected chi connectivity index (χ0v) is 12.8. The van der Waals surface area contributed by atoms with E-state index in [1.165, 1.54) is 50.0 Å². The lowest BCUT2D eigenvalue weighted by Crippen LogP contribution is -2.01. The Labute approximate surface area is 128 Å². The number of nitrogens with one attached hydrogen (secondary N) is 1. The molecule has 2 N–H and O–H groups in total. The lowest BCUT2D eigenvalue weighted by Gasteiger charge is -2.17. The highest BCUT2D eigenvalue weighted by Crippen LogP contribution is 2.34. The van der Waals surface area contributed by atoms with E-state index in [9.17, 15) is 4.79 Å². The van der Waals surface area contributed by atoms with Crippen molar-refractivity contribution in [2.24, 2.45) is 0 Å². The van der Waals surface area contributed by atoms with E-state index in [1.807, 2.05) is 5.38 Å². The van der Waals surface area contributed by atoms with Crippen molar-refractivity contribution < 1.29 is 9.90 Å². The van der Waals surface area contributed by atoms with Gasteiger partial charge >= 0.3 is 5.97 Å². The van der Waals surface area contributed by atoms with Crippen molar-refractivity contribution in [3.8, 4) is 11.3 Å². The minimum atomic E-state index is -0.934. The standard InChI is InChI=1S/C16H20N2O2S/c19-16(20)13-8-12(9-17-13)14-10-21-15(18-14)11-6-4-2-1-3-5-7-11/h8-11,17H,1-7H2,(H,19,20). The first-order valence-corrected chi connectivity index (χ1v) is 8.49. The van der Waals surface area contributed by atoms with Crippen molar-refractivity contribution in [2.75, 3.05) is 0 Å². The number of hydrogen-bond acceptors (Lipinski definition) is 3. The van der Waals surface area contributed by atoms with E-state index in [4.69, 9.17) is 10.1 Å². The van der Waals surface area contributed by atoms with E-state index < -0.39 is 5.97 Å². The highest BCUT2D eigenvalue weighted by molar-refractivity contribution is 7.10. The fourth-order valence-electron chi connectivity index (χ4n) is 2.98. The Hall–Kier alpha value is -1.62. The molecule has 0 spiro atoms. The Bertz CT molecular complexity index is 609. The van der Waals surface area contributed by atoms with Gasteiger partial charge in [-0.1, -0.05) is 32.1 Å². The van der Waals surface area contributed by atoms with E-state index in [2.05, 4.69) is 4.98 Å². The fraction of sp³-hybridized carbons (Fsp3) is 0.500. The summed E-state index contributed by atoms with van der Waals surface area (Å²) in [5, 5.41) is 12.2. The van der Waals surface area contributed by atoms with Gasteiger partial charge in [0.15, 0.2) is 0 Å². The SMILES string of the molecule is O=C(O)c1cc(-c2csc(C3CCCCCCC3)n2)c[nH]1. The van der Waals surface area contributed by atoms with Gasteiger partial charge in [0, 0.05) is 23.1 Å². The molecule has 1 aliphatic carbocycles. The second-order valence-corrected chi connectivity index (χ2v) is 6.61. The van der Waals surface area contributed by atoms with Gasteiger partial charge in [0.25, 0.3) is 0 Å². The number of rotatable bonds is 3. The van der Waals surface area contributed by atoms with E-state index in [1.54, 1.807) is 23.6 Å². The lowest BCUT2D eigenvalue weighted by molar-refractivity contribution is 0.0691. The predicted octanol–water partition coefficient (Wildman–Crippen LogP) is 4.66. The van der Waals surface area contributed by atoms with Crippen molar-refractivity contribution in [2.45, 2.75) is 50.9 Å². The fourth-order valence-corrected chi connectivity index (χ4v) is 3.98. The van der Waals surface area contributed by atoms with E-state index >= 15 is 0 Å². The highest BCUT2D eigenvalue weighted by Gasteiger charge is 2.18. The summed E-state index contributed by atoms with van der Waals surface area (Å²) in [6.45, 7) is 0. The summed E-state index contributed by atoms with van der Waals surface area (Å²) >= 11 is 1.71. The van der Waals surface area contributed by atoms with Crippen LogP contribution < -0.4 is 0 Å². The second kappa shape index (κ2) is 6.43. The van der Waals surface area contributed by atoms with Gasteiger partial charge in [0.2, 0.25) is 0 Å². The smallest absolute Gasteiger partial charge is 0.352 e. The maximum absolute atomic E-state index is 10.9. The van der Waals surface area contributed by atoms with Crippen LogP contribution in [0.15, 0.2) is 17.6 Å². The molecule has 2 aromatic rings. The number of nitrogens with zero attached hydrogens (tertiary/aromatic N) is 1. The zero-order valence-electron chi connectivity index (χ0n) is 12.0. The maximum Gasteiger partial charge on any atom is 0.352 e. The Morgan fingerprint density at radius 3 is 2.62 bits per heavy atom. The van der Waals surface area contributed by atoms with E-state index in [-0.39, 0.29) is 5.69 Å². The predicted molar refractivity (Wildman–Crippen MR) is 83.9 cm³/mol. The molecule has 3 rings (SSSR count). The van der Waals surface area contributed by atoms with Crippen LogP contribution in [0.5, 0.6) is 0 Å². The molecular formula is C16H20N2O2S. The minimum absolute atomic E-state index is 0.213. The largest absolute Gasteiger partial charge is 0.477 e. The second-order valence-electron chi connectivity index (χ2n) is 5.72. The molecule has 0 aromatic carbocycles. The number of thiazole rings is 1. The molecule has 2 aromatic heterocycles. The number of H-pyrrole nitrogens is 1. The molecule has 112 valence electrons. The normalized spacial score (nSPS) is 17.3. The van der Waals surface area contributed by atoms with Crippen LogP contribution in [0.3, 0.4) is 0 Å². The maximum atomic E-state index is 10.9. The molecule has 0 unspecified atom stereocenters. The molecule has 1 fully saturated rings. The Kier molecular flexibility index (Phi) is 4.39. The third kappa shape index (κ3) is 3.35. The first-order valence-electron chi connectivity index (χ1n) is 7.61. The van der Waals surface area contributed by atoms with Crippen LogP contribution in [0.25, 0.3) is 11.3 Å². The summed E-state index contributed by atoms with van der Waals surface area (Å²) in [6, 6.07) is 1.65. The summed E-state index contributed by atoms with van der Waals surface area (Å²) in [5.74, 6) is -0.348. The minimum Gasteiger partial charge on any atom is -0.477 e. The van der Waals surface area contributed by atoms with Crippen LogP contribution >= 0.6 is 11.3 Å². The topological polar surface area (TPSA) is 66.0 Å². The summed E-state index contributed by atoms with van der Waals surface area (Å²) in [4.78, 5) is 18.5. The summed E-state index contributed by atoms with van der Waals surface area (Å²) in [6.07, 6.45) is 10.8. The first-order chi connectivity index (χ1) is 10.2. The molecule has 5 heteroatoms. The van der Waals surface area contributed by atoms with Crippen molar-refractivity contribution >= 4 is 17.3 Å². The molecule has 21 heavy (non-hydrogen) atoms. The average Bonchev–Trinajstić information content (AvgIpc) is 3.07. The number of hydrogen-bond donors (Lipinski definition) is 2. The molecule has 4 nitrogen and oxygen atoms in total. The Morgan fingerprint density at radius 1 is 1.24 bits per heavy atom. The number of aromatic nitrogens is 2. The Morgan fingerprint density at radius 2 is 1.95 bits per heavy atom. The number of aromatic amines is 1. The van der Waals surface area contributed by atoms with Crippen molar-refractivity contribution in [1.82, 2.24) is 9.97 Å². The molecule has 0 saturated heterocycles. The number of carboxylic acids is 1. The quantitative estimate of drug-likeness (QED) is 0.866. The van der Waals surface area contributed by atoms with Crippen LogP contribution in [-0.4, -0.2) is 21.0 Å². The van der Waals surface area contributed by atoms with Gasteiger partial charge in [0.05, 0.1) is 10.7 Å². The first kappa shape index (κ1) is 14.3. The highest BCUT2D eigenvalue weighted by atomic mass is 32.1. The molecule has 0 radical (unpaired) electrons. The third-order valence-electron chi connectivity index (χ3n) is 4.19. The summed E-state index contributed by atoms with van der Waals surface area (Å²) in [7, 11) is 0. The third-order valence-corrected chi connectivity index (χ3v) is 5.19. The van der Waals surface area contributed by atoms with Crippen LogP contribution in [0.4, 0.5) is 0 Å². The van der Waals surface area contributed by atoms with Gasteiger partial charge in [-0.2, -0.15) is 0 Å². The lowest BCUT2D eigenvalue weighted by atomic mass is 9.92. The molecule has 0 atom stereocenters. The van der Waals surface area contributed by atoms with Crippen molar-refractivity contribution in [1.29, 1.82) is 0 Å². The van der Waals surface area contributed by atoms with Crippen molar-refractivity contribution in [3.63, 3.8) is 0 Å². The number of carbonyl (C=O) groups is 1. The van der Waals surface area contributed by atoms with Gasteiger partial charge in [-0.15, -0.1) is 11.3 Å². The van der Waals surface area contributed by atoms with Gasteiger partial charge < -0.3 is 10.1 Å². The zero-order chi connectivity index (χ0) is 14.7. The summed E-state index contributed by atoms with van der Waals surface area (Å²) in [5.41, 5.74) is 1.96. The summed E-state index contributed by atoms with van der Waals surface area (Å²) < 4.78 is 0. The van der Waals surface area contributed by atoms with Crippen LogP contribution in [0.1, 0.15) is 66.4 Å². The molecule has 0 aliphatic heterocycles. The van der Waals surface area contributed by atoms with Gasteiger partial charge in [-0.05, 0) is 18.9 Å². The molecule has 0 bridgehead atoms. The van der Waals surface area contributed by atoms with E-state index in [0.29, 0.717) is 5.92 Å². The molecule has 1 aliphatic rings. The molecule has 1 saturated carbocycles. The van der Waals surface area contributed by atoms with Gasteiger partial charge in [-0.3, -0.25) is 0 Å². The van der Waals surface area contributed by atoms with Crippen LogP contribution in [0.2, 0.25) is 0 Å². The number of aromatic carboxylic acids is 1. The monoisotopic (exact) mass is 304 g/mol. The van der Waals surface area contributed by atoms with Gasteiger partial charge in [-0.25, -0.2) is 9.78 Å².